The highest BCUT2D eigenvalue weighted by Crippen LogP contribution is 2.55. The first-order valence-corrected chi connectivity index (χ1v) is 15.4. The number of nitrogens with zero attached hydrogens (tertiary/aromatic N) is 1. The van der Waals surface area contributed by atoms with Gasteiger partial charge in [0.25, 0.3) is 11.5 Å². The molecule has 16 heteroatoms. The highest BCUT2D eigenvalue weighted by Gasteiger charge is 2.73. The molecular formula is C32H23F9N2O4S. The van der Waals surface area contributed by atoms with Gasteiger partial charge in [0.2, 0.25) is 0 Å². The molecule has 1 aromatic heterocycles. The lowest BCUT2D eigenvalue weighted by molar-refractivity contribution is -0.392. The Labute approximate surface area is 267 Å². The summed E-state index contributed by atoms with van der Waals surface area (Å²) in [6.07, 6.45) is -10.4. The molecule has 1 heterocycles. The number of rotatable bonds is 9. The molecule has 1 amide bonds. The van der Waals surface area contributed by atoms with E-state index in [1.54, 1.807) is 0 Å². The molecule has 0 unspecified atom stereocenters. The molecule has 48 heavy (non-hydrogen) atoms. The zero-order valence-corrected chi connectivity index (χ0v) is 25.1. The quantitative estimate of drug-likeness (QED) is 0.146. The first-order valence-electron chi connectivity index (χ1n) is 14.0. The molecule has 0 atom stereocenters. The maximum absolute atomic E-state index is 14.4. The van der Waals surface area contributed by atoms with Crippen LogP contribution in [0.3, 0.4) is 0 Å². The number of carbonyl (C=O) groups is 1. The molecule has 0 spiro atoms. The molecule has 1 fully saturated rings. The van der Waals surface area contributed by atoms with Crippen LogP contribution in [0.15, 0.2) is 96.2 Å². The van der Waals surface area contributed by atoms with E-state index < -0.39 is 79.7 Å². The molecule has 1 saturated carbocycles. The third kappa shape index (κ3) is 6.02. The number of hydrogen-bond donors (Lipinski definition) is 1. The summed E-state index contributed by atoms with van der Waals surface area (Å²) in [7, 11) is -4.51. The summed E-state index contributed by atoms with van der Waals surface area (Å²) in [6.45, 7) is -1.76. The maximum Gasteiger partial charge on any atom is 0.430 e. The summed E-state index contributed by atoms with van der Waals surface area (Å²) in [4.78, 5) is 16.1. The van der Waals surface area contributed by atoms with Crippen molar-refractivity contribution in [1.82, 2.24) is 10.3 Å². The highest BCUT2D eigenvalue weighted by atomic mass is 32.2. The number of ether oxygens (including phenoxy) is 1. The second-order valence-corrected chi connectivity index (χ2v) is 13.3. The molecular weight excluding hydrogens is 679 g/mol. The maximum atomic E-state index is 14.4. The molecule has 254 valence electrons. The Morgan fingerprint density at radius 3 is 1.88 bits per heavy atom. The van der Waals surface area contributed by atoms with Crippen molar-refractivity contribution in [2.24, 2.45) is 0 Å². The van der Waals surface area contributed by atoms with E-state index in [-0.39, 0.29) is 28.9 Å². The van der Waals surface area contributed by atoms with Crippen LogP contribution in [0.5, 0.6) is 0 Å². The third-order valence-corrected chi connectivity index (χ3v) is 10.7. The van der Waals surface area contributed by atoms with Crippen molar-refractivity contribution < 1.29 is 57.5 Å². The summed E-state index contributed by atoms with van der Waals surface area (Å²) >= 11 is 0. The van der Waals surface area contributed by atoms with Crippen LogP contribution in [0.1, 0.15) is 39.9 Å². The number of hydrogen-bond acceptors (Lipinski definition) is 5. The van der Waals surface area contributed by atoms with E-state index in [9.17, 15) is 52.7 Å². The molecule has 1 aliphatic carbocycles. The largest absolute Gasteiger partial charge is 0.430 e. The average Bonchev–Trinajstić information content (AvgIpc) is 2.99. The predicted octanol–water partition coefficient (Wildman–Crippen LogP) is 7.30. The normalized spacial score (nSPS) is 18.6. The highest BCUT2D eigenvalue weighted by molar-refractivity contribution is 7.92. The molecule has 6 nitrogen and oxygen atoms in total. The number of amides is 1. The van der Waals surface area contributed by atoms with Crippen LogP contribution in [0.2, 0.25) is 0 Å². The van der Waals surface area contributed by atoms with Gasteiger partial charge in [-0.05, 0) is 66.9 Å². The van der Waals surface area contributed by atoms with Gasteiger partial charge >= 0.3 is 12.4 Å². The number of carbonyl (C=O) groups excluding carboxylic acids is 1. The van der Waals surface area contributed by atoms with Crippen LogP contribution in [0.4, 0.5) is 39.5 Å². The number of alkyl halides is 6. The lowest BCUT2D eigenvalue weighted by Crippen LogP contribution is -2.57. The van der Waals surface area contributed by atoms with Crippen molar-refractivity contribution >= 4 is 15.7 Å². The van der Waals surface area contributed by atoms with E-state index >= 15 is 0 Å². The van der Waals surface area contributed by atoms with Gasteiger partial charge in [0.1, 0.15) is 22.2 Å². The SMILES string of the molecule is O=C(NC1CC(c2ccc(C(OCc3c(F)cccc3F)(C(F)(F)F)C(F)(F)F)cc2)(S(=O)(=O)c2ccc(F)cc2)C1)c1ccncc1. The summed E-state index contributed by atoms with van der Waals surface area (Å²) in [5, 5.41) is 2.64. The van der Waals surface area contributed by atoms with Crippen molar-refractivity contribution in [3.05, 3.63) is 131 Å². The number of nitrogens with one attached hydrogen (secondary N) is 1. The van der Waals surface area contributed by atoms with Gasteiger partial charge in [0.15, 0.2) is 9.84 Å². The molecule has 4 aromatic rings. The second kappa shape index (κ2) is 12.5. The number of aromatic nitrogens is 1. The number of halogens is 9. The number of benzene rings is 3. The van der Waals surface area contributed by atoms with Crippen molar-refractivity contribution in [3.8, 4) is 0 Å². The van der Waals surface area contributed by atoms with Crippen LogP contribution in [0, 0.1) is 17.5 Å². The lowest BCUT2D eigenvalue weighted by Gasteiger charge is -2.47. The zero-order chi connectivity index (χ0) is 35.1. The van der Waals surface area contributed by atoms with E-state index in [0.29, 0.717) is 24.3 Å². The Bertz CT molecular complexity index is 1860. The fraction of sp³-hybridized carbons (Fsp3) is 0.250. The van der Waals surface area contributed by atoms with Gasteiger partial charge in [-0.25, -0.2) is 21.6 Å². The van der Waals surface area contributed by atoms with E-state index in [0.717, 1.165) is 42.5 Å². The van der Waals surface area contributed by atoms with Gasteiger partial charge in [-0.1, -0.05) is 30.3 Å². The Morgan fingerprint density at radius 1 is 0.812 bits per heavy atom. The molecule has 0 saturated heterocycles. The molecule has 1 N–H and O–H groups in total. The van der Waals surface area contributed by atoms with Gasteiger partial charge in [0.05, 0.1) is 11.5 Å². The minimum Gasteiger partial charge on any atom is -0.349 e. The van der Waals surface area contributed by atoms with E-state index in [1.165, 1.54) is 24.5 Å². The lowest BCUT2D eigenvalue weighted by atomic mass is 9.74. The summed E-state index contributed by atoms with van der Waals surface area (Å²) in [6, 6.07) is 9.99. The van der Waals surface area contributed by atoms with E-state index in [4.69, 9.17) is 0 Å². The monoisotopic (exact) mass is 702 g/mol. The first-order chi connectivity index (χ1) is 22.4. The fourth-order valence-corrected chi connectivity index (χ4v) is 7.89. The first kappa shape index (κ1) is 34.9. The second-order valence-electron chi connectivity index (χ2n) is 11.0. The van der Waals surface area contributed by atoms with Crippen molar-refractivity contribution in [2.45, 2.75) is 53.1 Å². The van der Waals surface area contributed by atoms with Crippen molar-refractivity contribution in [2.75, 3.05) is 0 Å². The summed E-state index contributed by atoms with van der Waals surface area (Å²) in [5.41, 5.74) is -7.84. The van der Waals surface area contributed by atoms with Crippen molar-refractivity contribution in [3.63, 3.8) is 0 Å². The van der Waals surface area contributed by atoms with Crippen LogP contribution < -0.4 is 5.32 Å². The van der Waals surface area contributed by atoms with E-state index in [2.05, 4.69) is 15.0 Å². The molecule has 1 aliphatic rings. The Morgan fingerprint density at radius 2 is 1.35 bits per heavy atom. The van der Waals surface area contributed by atoms with Gasteiger partial charge in [-0.3, -0.25) is 9.78 Å². The number of pyridine rings is 1. The minimum atomic E-state index is -6.22. The predicted molar refractivity (Wildman–Crippen MR) is 151 cm³/mol. The van der Waals surface area contributed by atoms with Crippen molar-refractivity contribution in [1.29, 1.82) is 0 Å². The average molecular weight is 703 g/mol. The smallest absolute Gasteiger partial charge is 0.349 e. The summed E-state index contributed by atoms with van der Waals surface area (Å²) < 4.78 is 159. The van der Waals surface area contributed by atoms with Gasteiger partial charge in [0, 0.05) is 35.1 Å². The van der Waals surface area contributed by atoms with E-state index in [1.807, 2.05) is 0 Å². The third-order valence-electron chi connectivity index (χ3n) is 8.18. The Balaban J connectivity index is 1.55. The molecule has 0 radical (unpaired) electrons. The molecule has 0 aliphatic heterocycles. The standard InChI is InChI=1S/C32H23F9N2O4S/c33-22-8-10-24(11-9-22)48(45,46)29(16-23(17-29)43-28(44)19-12-14-42-15-13-19)20-4-6-21(7-5-20)30(31(36,37)38,32(39,40)41)47-18-25-26(34)2-1-3-27(25)35/h1-15,23H,16-18H2,(H,43,44). The summed E-state index contributed by atoms with van der Waals surface area (Å²) in [5.74, 6) is -4.23. The van der Waals surface area contributed by atoms with Crippen LogP contribution in [-0.4, -0.2) is 37.7 Å². The fourth-order valence-electron chi connectivity index (χ4n) is 5.65. The van der Waals surface area contributed by atoms with Crippen LogP contribution in [-0.2, 0) is 31.5 Å². The van der Waals surface area contributed by atoms with Gasteiger partial charge in [-0.2, -0.15) is 26.3 Å². The minimum absolute atomic E-state index is 0.194. The van der Waals surface area contributed by atoms with Gasteiger partial charge < -0.3 is 10.1 Å². The topological polar surface area (TPSA) is 85.4 Å². The van der Waals surface area contributed by atoms with Crippen LogP contribution in [0.25, 0.3) is 0 Å². The van der Waals surface area contributed by atoms with Crippen LogP contribution >= 0.6 is 0 Å². The Hall–Kier alpha value is -4.44. The molecule has 5 rings (SSSR count). The van der Waals surface area contributed by atoms with Gasteiger partial charge in [-0.15, -0.1) is 0 Å². The zero-order valence-electron chi connectivity index (χ0n) is 24.2. The molecule has 3 aromatic carbocycles. The molecule has 0 bridgehead atoms. The Kier molecular flexibility index (Phi) is 9.11. The number of sulfone groups is 1.